The third-order valence-electron chi connectivity index (χ3n) is 5.65. The lowest BCUT2D eigenvalue weighted by Gasteiger charge is -2.22. The number of aryl methyl sites for hydroxylation is 1. The largest absolute Gasteiger partial charge is 0.454 e. The molecule has 0 saturated carbocycles. The van der Waals surface area contributed by atoms with Gasteiger partial charge >= 0.3 is 0 Å². The van der Waals surface area contributed by atoms with E-state index in [0.29, 0.717) is 36.4 Å². The van der Waals surface area contributed by atoms with Gasteiger partial charge in [0, 0.05) is 18.7 Å². The summed E-state index contributed by atoms with van der Waals surface area (Å²) in [5, 5.41) is 5.59. The molecule has 2 amide bonds. The molecule has 4 rings (SSSR count). The molecule has 0 saturated heterocycles. The molecule has 2 aliphatic rings. The molecule has 0 fully saturated rings. The summed E-state index contributed by atoms with van der Waals surface area (Å²) >= 11 is 0. The Balaban J connectivity index is 1.46. The second-order valence-electron chi connectivity index (χ2n) is 8.47. The molecule has 10 heteroatoms. The fraction of sp³-hybridized carbons (Fsp3) is 0.391. The summed E-state index contributed by atoms with van der Waals surface area (Å²) in [5.74, 6) is 0.479. The van der Waals surface area contributed by atoms with Gasteiger partial charge in [-0.3, -0.25) is 9.59 Å². The van der Waals surface area contributed by atoms with Crippen LogP contribution in [0, 0.1) is 5.92 Å². The molecule has 176 valence electrons. The minimum Gasteiger partial charge on any atom is -0.454 e. The smallest absolute Gasteiger partial charge is 0.241 e. The highest BCUT2D eigenvalue weighted by Crippen LogP contribution is 2.32. The van der Waals surface area contributed by atoms with Crippen LogP contribution in [0.4, 0.5) is 5.69 Å². The summed E-state index contributed by atoms with van der Waals surface area (Å²) in [5.41, 5.74) is 2.20. The zero-order valence-corrected chi connectivity index (χ0v) is 19.3. The normalized spacial score (nSPS) is 16.0. The van der Waals surface area contributed by atoms with Crippen molar-refractivity contribution in [2.75, 3.05) is 12.1 Å². The number of carbonyl (C=O) groups is 2. The van der Waals surface area contributed by atoms with Crippen molar-refractivity contribution in [2.45, 2.75) is 50.6 Å². The summed E-state index contributed by atoms with van der Waals surface area (Å²) in [6.07, 6.45) is 1.64. The first-order chi connectivity index (χ1) is 15.7. The molecule has 0 spiro atoms. The van der Waals surface area contributed by atoms with Crippen molar-refractivity contribution < 1.29 is 27.5 Å². The van der Waals surface area contributed by atoms with Gasteiger partial charge in [-0.05, 0) is 60.2 Å². The van der Waals surface area contributed by atoms with Crippen molar-refractivity contribution >= 4 is 27.5 Å². The Bertz CT molecular complexity index is 1180. The highest BCUT2D eigenvalue weighted by molar-refractivity contribution is 7.89. The Labute approximate surface area is 192 Å². The van der Waals surface area contributed by atoms with Gasteiger partial charge < -0.3 is 20.1 Å². The molecule has 3 N–H and O–H groups in total. The fourth-order valence-electron chi connectivity index (χ4n) is 3.80. The van der Waals surface area contributed by atoms with Crippen molar-refractivity contribution in [1.82, 2.24) is 10.0 Å². The predicted octanol–water partition coefficient (Wildman–Crippen LogP) is 2.31. The Kier molecular flexibility index (Phi) is 6.57. The second kappa shape index (κ2) is 9.40. The fourth-order valence-corrected chi connectivity index (χ4v) is 5.19. The average Bonchev–Trinajstić information content (AvgIpc) is 3.16. The quantitative estimate of drug-likeness (QED) is 0.567. The highest BCUT2D eigenvalue weighted by atomic mass is 32.2. The molecule has 1 unspecified atom stereocenters. The van der Waals surface area contributed by atoms with Gasteiger partial charge in [0.1, 0.15) is 6.04 Å². The van der Waals surface area contributed by atoms with E-state index in [4.69, 9.17) is 9.47 Å². The van der Waals surface area contributed by atoms with Gasteiger partial charge in [-0.25, -0.2) is 8.42 Å². The topological polar surface area (TPSA) is 123 Å². The number of fused-ring (bicyclic) bond motifs is 2. The summed E-state index contributed by atoms with van der Waals surface area (Å²) in [6, 6.07) is 9.01. The Morgan fingerprint density at radius 3 is 2.67 bits per heavy atom. The van der Waals surface area contributed by atoms with E-state index in [-0.39, 0.29) is 30.1 Å². The van der Waals surface area contributed by atoms with Crippen LogP contribution in [0.2, 0.25) is 0 Å². The van der Waals surface area contributed by atoms with E-state index < -0.39 is 22.0 Å². The van der Waals surface area contributed by atoms with Crippen molar-refractivity contribution in [3.8, 4) is 11.5 Å². The summed E-state index contributed by atoms with van der Waals surface area (Å²) in [6.45, 7) is 3.94. The standard InChI is InChI=1S/C23H27N3O6S/c1-14(2)22(23(28)24-12-15-6-9-19-20(10-15)32-13-31-19)26-33(29,30)17-7-8-18-16(11-17)4-3-5-21(27)25-18/h6-11,14,22,26H,3-5,12-13H2,1-2H3,(H,24,28)(H,25,27). The maximum atomic E-state index is 13.1. The number of ether oxygens (including phenoxy) is 2. The first kappa shape index (κ1) is 23.1. The number of amides is 2. The van der Waals surface area contributed by atoms with E-state index in [1.54, 1.807) is 38.1 Å². The molecule has 9 nitrogen and oxygen atoms in total. The van der Waals surface area contributed by atoms with Crippen molar-refractivity contribution in [3.63, 3.8) is 0 Å². The number of anilines is 1. The Morgan fingerprint density at radius 2 is 1.88 bits per heavy atom. The van der Waals surface area contributed by atoms with Gasteiger partial charge in [-0.1, -0.05) is 19.9 Å². The van der Waals surface area contributed by atoms with E-state index in [9.17, 15) is 18.0 Å². The van der Waals surface area contributed by atoms with Crippen molar-refractivity contribution in [3.05, 3.63) is 47.5 Å². The zero-order valence-electron chi connectivity index (χ0n) is 18.5. The lowest BCUT2D eigenvalue weighted by molar-refractivity contribution is -0.123. The van der Waals surface area contributed by atoms with Crippen LogP contribution in [-0.2, 0) is 32.6 Å². The molecule has 2 aromatic carbocycles. The summed E-state index contributed by atoms with van der Waals surface area (Å²) in [4.78, 5) is 24.7. The molecule has 2 heterocycles. The molecular weight excluding hydrogens is 446 g/mol. The SMILES string of the molecule is CC(C)C(NS(=O)(=O)c1ccc2c(c1)CCCC(=O)N2)C(=O)NCc1ccc2c(c1)OCO2. The first-order valence-electron chi connectivity index (χ1n) is 10.8. The Hall–Kier alpha value is -3.11. The summed E-state index contributed by atoms with van der Waals surface area (Å²) < 4.78 is 39.3. The summed E-state index contributed by atoms with van der Waals surface area (Å²) in [7, 11) is -3.96. The number of carbonyl (C=O) groups excluding carboxylic acids is 2. The lowest BCUT2D eigenvalue weighted by Crippen LogP contribution is -2.49. The predicted molar refractivity (Wildman–Crippen MR) is 121 cm³/mol. The minimum atomic E-state index is -3.96. The van der Waals surface area contributed by atoms with Gasteiger partial charge in [-0.15, -0.1) is 0 Å². The molecule has 1 atom stereocenters. The van der Waals surface area contributed by atoms with E-state index in [0.717, 1.165) is 11.1 Å². The third-order valence-corrected chi connectivity index (χ3v) is 7.08. The van der Waals surface area contributed by atoms with Crippen LogP contribution >= 0.6 is 0 Å². The molecule has 0 bridgehead atoms. The van der Waals surface area contributed by atoms with Crippen molar-refractivity contribution in [1.29, 1.82) is 0 Å². The van der Waals surface area contributed by atoms with Gasteiger partial charge in [0.15, 0.2) is 11.5 Å². The first-order valence-corrected chi connectivity index (χ1v) is 12.3. The highest BCUT2D eigenvalue weighted by Gasteiger charge is 2.29. The molecule has 2 aliphatic heterocycles. The molecule has 33 heavy (non-hydrogen) atoms. The number of hydrogen-bond acceptors (Lipinski definition) is 6. The van der Waals surface area contributed by atoms with Crippen LogP contribution in [0.1, 0.15) is 37.8 Å². The van der Waals surface area contributed by atoms with E-state index in [2.05, 4.69) is 15.4 Å². The average molecular weight is 474 g/mol. The van der Waals surface area contributed by atoms with Crippen LogP contribution in [0.5, 0.6) is 11.5 Å². The van der Waals surface area contributed by atoms with Crippen LogP contribution < -0.4 is 24.8 Å². The number of hydrogen-bond donors (Lipinski definition) is 3. The van der Waals surface area contributed by atoms with Gasteiger partial charge in [0.05, 0.1) is 4.90 Å². The van der Waals surface area contributed by atoms with Crippen LogP contribution in [0.25, 0.3) is 0 Å². The van der Waals surface area contributed by atoms with Gasteiger partial charge in [0.2, 0.25) is 28.6 Å². The molecule has 0 radical (unpaired) electrons. The number of nitrogens with one attached hydrogen (secondary N) is 3. The van der Waals surface area contributed by atoms with Crippen molar-refractivity contribution in [2.24, 2.45) is 5.92 Å². The van der Waals surface area contributed by atoms with Gasteiger partial charge in [-0.2, -0.15) is 4.72 Å². The molecular formula is C23H27N3O6S. The molecule has 0 aromatic heterocycles. The zero-order chi connectivity index (χ0) is 23.6. The third kappa shape index (κ3) is 5.28. The van der Waals surface area contributed by atoms with E-state index >= 15 is 0 Å². The Morgan fingerprint density at radius 1 is 1.09 bits per heavy atom. The van der Waals surface area contributed by atoms with Crippen LogP contribution in [0.15, 0.2) is 41.3 Å². The maximum absolute atomic E-state index is 13.1. The number of benzene rings is 2. The van der Waals surface area contributed by atoms with E-state index in [1.807, 2.05) is 6.07 Å². The number of rotatable bonds is 7. The number of sulfonamides is 1. The maximum Gasteiger partial charge on any atom is 0.241 e. The lowest BCUT2D eigenvalue weighted by atomic mass is 10.0. The van der Waals surface area contributed by atoms with Crippen LogP contribution in [-0.4, -0.2) is 33.1 Å². The molecule has 2 aromatic rings. The van der Waals surface area contributed by atoms with Crippen LogP contribution in [0.3, 0.4) is 0 Å². The minimum absolute atomic E-state index is 0.0617. The second-order valence-corrected chi connectivity index (χ2v) is 10.2. The van der Waals surface area contributed by atoms with E-state index in [1.165, 1.54) is 6.07 Å². The molecule has 0 aliphatic carbocycles. The van der Waals surface area contributed by atoms with Gasteiger partial charge in [0.25, 0.3) is 0 Å². The monoisotopic (exact) mass is 473 g/mol.